The first-order chi connectivity index (χ1) is 9.94. The first kappa shape index (κ1) is 19.0. The minimum absolute atomic E-state index is 0.164. The molecule has 0 aromatic heterocycles. The number of hydrogen-bond donors (Lipinski definition) is 1. The van der Waals surface area contributed by atoms with Crippen LogP contribution in [0.1, 0.15) is 72.6 Å². The Bertz CT molecular complexity index is 380. The molecule has 126 valence electrons. The molecule has 4 heteroatoms. The molecule has 1 aliphatic carbocycles. The minimum atomic E-state index is -2.99. The van der Waals surface area contributed by atoms with Crippen LogP contribution in [0.25, 0.3) is 0 Å². The topological polar surface area (TPSA) is 46.2 Å². The molecule has 1 saturated carbocycles. The summed E-state index contributed by atoms with van der Waals surface area (Å²) in [5, 5.41) is 3.34. The molecule has 0 aromatic rings. The van der Waals surface area contributed by atoms with Gasteiger partial charge in [-0.2, -0.15) is 0 Å². The van der Waals surface area contributed by atoms with Crippen molar-refractivity contribution in [2.75, 3.05) is 12.3 Å². The van der Waals surface area contributed by atoms with Gasteiger partial charge in [-0.3, -0.25) is 0 Å². The van der Waals surface area contributed by atoms with Gasteiger partial charge in [0.15, 0.2) is 9.84 Å². The highest BCUT2D eigenvalue weighted by Gasteiger charge is 2.38. The highest BCUT2D eigenvalue weighted by atomic mass is 32.2. The van der Waals surface area contributed by atoms with E-state index in [2.05, 4.69) is 33.0 Å². The Morgan fingerprint density at radius 3 is 2.43 bits per heavy atom. The molecular formula is C17H35NO2S. The molecule has 0 aromatic carbocycles. The van der Waals surface area contributed by atoms with E-state index in [4.69, 9.17) is 0 Å². The highest BCUT2D eigenvalue weighted by Crippen LogP contribution is 2.33. The van der Waals surface area contributed by atoms with Crippen LogP contribution in [0.3, 0.4) is 0 Å². The summed E-state index contributed by atoms with van der Waals surface area (Å²) in [5.41, 5.74) is 0. The van der Waals surface area contributed by atoms with E-state index in [9.17, 15) is 8.42 Å². The Kier molecular flexibility index (Phi) is 8.25. The lowest BCUT2D eigenvalue weighted by Gasteiger charge is -2.37. The van der Waals surface area contributed by atoms with Crippen LogP contribution in [0.4, 0.5) is 0 Å². The van der Waals surface area contributed by atoms with Gasteiger partial charge in [-0.25, -0.2) is 8.42 Å². The summed E-state index contributed by atoms with van der Waals surface area (Å²) in [4.78, 5) is 0. The van der Waals surface area contributed by atoms with Crippen LogP contribution in [-0.2, 0) is 9.84 Å². The van der Waals surface area contributed by atoms with Gasteiger partial charge in [0, 0.05) is 6.04 Å². The smallest absolute Gasteiger partial charge is 0.154 e. The first-order valence-electron chi connectivity index (χ1n) is 8.89. The molecular weight excluding hydrogens is 282 g/mol. The molecule has 1 rings (SSSR count). The van der Waals surface area contributed by atoms with Crippen LogP contribution in [0, 0.1) is 11.8 Å². The van der Waals surface area contributed by atoms with Crippen molar-refractivity contribution < 1.29 is 8.42 Å². The lowest BCUT2D eigenvalue weighted by molar-refractivity contribution is 0.279. The molecule has 0 spiro atoms. The second kappa shape index (κ2) is 9.14. The molecule has 0 aliphatic heterocycles. The van der Waals surface area contributed by atoms with Crippen molar-refractivity contribution in [1.82, 2.24) is 5.32 Å². The van der Waals surface area contributed by atoms with Crippen molar-refractivity contribution in [3.05, 3.63) is 0 Å². The number of rotatable bonds is 9. The number of sulfone groups is 1. The van der Waals surface area contributed by atoms with Crippen molar-refractivity contribution in [2.24, 2.45) is 11.8 Å². The Balaban J connectivity index is 2.81. The Morgan fingerprint density at radius 1 is 1.14 bits per heavy atom. The first-order valence-corrected chi connectivity index (χ1v) is 10.6. The Hall–Kier alpha value is -0.0900. The van der Waals surface area contributed by atoms with Gasteiger partial charge in [0.05, 0.1) is 11.0 Å². The SMILES string of the molecule is CCCNC1CCC(CCC)CC1S(=O)(=O)CC(C)CC. The molecule has 0 saturated heterocycles. The van der Waals surface area contributed by atoms with Crippen LogP contribution in [0.2, 0.25) is 0 Å². The average molecular weight is 318 g/mol. The third-order valence-electron chi connectivity index (χ3n) is 4.93. The van der Waals surface area contributed by atoms with E-state index in [-0.39, 0.29) is 17.2 Å². The number of nitrogens with one attached hydrogen (secondary N) is 1. The van der Waals surface area contributed by atoms with Crippen molar-refractivity contribution in [2.45, 2.75) is 83.9 Å². The Morgan fingerprint density at radius 2 is 1.86 bits per heavy atom. The largest absolute Gasteiger partial charge is 0.313 e. The summed E-state index contributed by atoms with van der Waals surface area (Å²) >= 11 is 0. The third kappa shape index (κ3) is 5.90. The Labute approximate surface area is 132 Å². The highest BCUT2D eigenvalue weighted by molar-refractivity contribution is 7.92. The zero-order valence-electron chi connectivity index (χ0n) is 14.4. The summed E-state index contributed by atoms with van der Waals surface area (Å²) in [6, 6.07) is 0.173. The second-order valence-corrected chi connectivity index (χ2v) is 9.17. The van der Waals surface area contributed by atoms with Gasteiger partial charge in [-0.15, -0.1) is 0 Å². The molecule has 4 atom stereocenters. The van der Waals surface area contributed by atoms with Crippen LogP contribution < -0.4 is 5.32 Å². The van der Waals surface area contributed by atoms with Crippen molar-refractivity contribution >= 4 is 9.84 Å². The van der Waals surface area contributed by atoms with Crippen LogP contribution in [-0.4, -0.2) is 32.0 Å². The van der Waals surface area contributed by atoms with E-state index in [1.54, 1.807) is 0 Å². The summed E-state index contributed by atoms with van der Waals surface area (Å²) < 4.78 is 25.7. The third-order valence-corrected chi connectivity index (χ3v) is 7.41. The summed E-state index contributed by atoms with van der Waals surface area (Å²) in [7, 11) is -2.99. The van der Waals surface area contributed by atoms with E-state index < -0.39 is 9.84 Å². The summed E-state index contributed by atoms with van der Waals surface area (Å²) in [5.74, 6) is 1.23. The molecule has 1 N–H and O–H groups in total. The fraction of sp³-hybridized carbons (Fsp3) is 1.00. The van der Waals surface area contributed by atoms with Crippen molar-refractivity contribution in [3.63, 3.8) is 0 Å². The van der Waals surface area contributed by atoms with Crippen LogP contribution >= 0.6 is 0 Å². The van der Waals surface area contributed by atoms with Crippen LogP contribution in [0.5, 0.6) is 0 Å². The quantitative estimate of drug-likeness (QED) is 0.704. The predicted molar refractivity (Wildman–Crippen MR) is 91.4 cm³/mol. The fourth-order valence-corrected chi connectivity index (χ4v) is 6.05. The molecule has 0 amide bonds. The molecule has 21 heavy (non-hydrogen) atoms. The van der Waals surface area contributed by atoms with Crippen molar-refractivity contribution in [1.29, 1.82) is 0 Å². The molecule has 0 bridgehead atoms. The standard InChI is InChI=1S/C17H35NO2S/c1-5-8-15-9-10-16(18-11-6-2)17(12-15)21(19,20)13-14(4)7-3/h14-18H,5-13H2,1-4H3. The fourth-order valence-electron chi connectivity index (χ4n) is 3.48. The van der Waals surface area contributed by atoms with Gasteiger partial charge in [0.25, 0.3) is 0 Å². The lowest BCUT2D eigenvalue weighted by atomic mass is 9.83. The predicted octanol–water partition coefficient (Wildman–Crippen LogP) is 3.78. The zero-order chi connectivity index (χ0) is 15.9. The maximum atomic E-state index is 12.8. The van der Waals surface area contributed by atoms with Gasteiger partial charge in [0.1, 0.15) is 0 Å². The molecule has 4 unspecified atom stereocenters. The van der Waals surface area contributed by atoms with Gasteiger partial charge in [-0.05, 0) is 44.1 Å². The molecule has 0 heterocycles. The summed E-state index contributed by atoms with van der Waals surface area (Å²) in [6.45, 7) is 9.40. The molecule has 0 radical (unpaired) electrons. The van der Waals surface area contributed by atoms with E-state index in [0.717, 1.165) is 38.6 Å². The van der Waals surface area contributed by atoms with E-state index in [1.807, 2.05) is 0 Å². The van der Waals surface area contributed by atoms with Gasteiger partial charge >= 0.3 is 0 Å². The maximum absolute atomic E-state index is 12.8. The van der Waals surface area contributed by atoms with E-state index >= 15 is 0 Å². The van der Waals surface area contributed by atoms with Gasteiger partial charge < -0.3 is 5.32 Å². The van der Waals surface area contributed by atoms with Gasteiger partial charge in [-0.1, -0.05) is 47.0 Å². The average Bonchev–Trinajstić information content (AvgIpc) is 2.45. The van der Waals surface area contributed by atoms with E-state index in [0.29, 0.717) is 11.7 Å². The van der Waals surface area contributed by atoms with Gasteiger partial charge in [0.2, 0.25) is 0 Å². The molecule has 1 aliphatic rings. The zero-order valence-corrected chi connectivity index (χ0v) is 15.2. The lowest BCUT2D eigenvalue weighted by Crippen LogP contribution is -2.49. The monoisotopic (exact) mass is 317 g/mol. The number of hydrogen-bond acceptors (Lipinski definition) is 3. The molecule has 1 fully saturated rings. The van der Waals surface area contributed by atoms with Crippen LogP contribution in [0.15, 0.2) is 0 Å². The summed E-state index contributed by atoms with van der Waals surface area (Å²) in [6.07, 6.45) is 7.42. The van der Waals surface area contributed by atoms with Crippen molar-refractivity contribution in [3.8, 4) is 0 Å². The normalized spacial score (nSPS) is 28.5. The second-order valence-electron chi connectivity index (χ2n) is 6.91. The minimum Gasteiger partial charge on any atom is -0.313 e. The maximum Gasteiger partial charge on any atom is 0.154 e. The van der Waals surface area contributed by atoms with E-state index in [1.165, 1.54) is 12.8 Å². The molecule has 3 nitrogen and oxygen atoms in total.